The first-order valence-electron chi connectivity index (χ1n) is 8.24. The molecule has 2 aromatic heterocycles. The Kier molecular flexibility index (Phi) is 5.95. The van der Waals surface area contributed by atoms with E-state index >= 15 is 0 Å². The van der Waals surface area contributed by atoms with Gasteiger partial charge in [-0.3, -0.25) is 0 Å². The van der Waals surface area contributed by atoms with E-state index < -0.39 is 11.9 Å². The van der Waals surface area contributed by atoms with Crippen LogP contribution in [-0.4, -0.2) is 34.4 Å². The topological polar surface area (TPSA) is 116 Å². The lowest BCUT2D eigenvalue weighted by atomic mass is 10.1. The number of aryl methyl sites for hydroxylation is 1. The zero-order chi connectivity index (χ0) is 20.1. The number of ether oxygens (including phenoxy) is 1. The highest BCUT2D eigenvalue weighted by molar-refractivity contribution is 8.03. The summed E-state index contributed by atoms with van der Waals surface area (Å²) in [7, 11) is 1.32. The van der Waals surface area contributed by atoms with Crippen molar-refractivity contribution in [2.75, 3.05) is 7.11 Å². The van der Waals surface area contributed by atoms with Crippen molar-refractivity contribution in [3.63, 3.8) is 0 Å². The number of esters is 1. The number of carbonyl (C=O) groups is 2. The van der Waals surface area contributed by atoms with Crippen LogP contribution in [0, 0.1) is 0 Å². The molecule has 0 radical (unpaired) electrons. The van der Waals surface area contributed by atoms with Crippen molar-refractivity contribution < 1.29 is 28.3 Å². The number of aliphatic carboxylic acids is 1. The largest absolute Gasteiger partial charge is 0.477 e. The van der Waals surface area contributed by atoms with Crippen LogP contribution >= 0.6 is 11.8 Å². The normalized spacial score (nSPS) is 11.4. The molecule has 0 spiro atoms. The average Bonchev–Trinajstić information content (AvgIpc) is 3.36. The fourth-order valence-electron chi connectivity index (χ4n) is 2.25. The molecule has 0 aliphatic heterocycles. The number of hydrogen-bond donors (Lipinski definition) is 1. The van der Waals surface area contributed by atoms with Gasteiger partial charge in [-0.2, -0.15) is 0 Å². The number of rotatable bonds is 7. The highest BCUT2D eigenvalue weighted by Crippen LogP contribution is 2.29. The van der Waals surface area contributed by atoms with Crippen LogP contribution in [0.15, 0.2) is 55.4 Å². The van der Waals surface area contributed by atoms with Crippen molar-refractivity contribution in [3.8, 4) is 11.3 Å². The minimum absolute atomic E-state index is 0.0201. The number of carboxylic acids is 1. The molecule has 0 aliphatic rings. The van der Waals surface area contributed by atoms with Gasteiger partial charge in [-0.05, 0) is 36.0 Å². The Bertz CT molecular complexity index is 1020. The molecule has 1 N–H and O–H groups in total. The van der Waals surface area contributed by atoms with Crippen LogP contribution in [0.4, 0.5) is 0 Å². The number of benzene rings is 1. The third kappa shape index (κ3) is 4.49. The Balaban J connectivity index is 1.80. The average molecular weight is 400 g/mol. The molecule has 0 saturated carbocycles. The molecule has 0 aliphatic carbocycles. The summed E-state index contributed by atoms with van der Waals surface area (Å²) in [5, 5.41) is 17.2. The molecule has 144 valence electrons. The zero-order valence-corrected chi connectivity index (χ0v) is 15.9. The van der Waals surface area contributed by atoms with Crippen LogP contribution in [0.25, 0.3) is 17.4 Å². The van der Waals surface area contributed by atoms with E-state index in [2.05, 4.69) is 14.9 Å². The smallest absolute Gasteiger partial charge is 0.342 e. The van der Waals surface area contributed by atoms with Crippen molar-refractivity contribution in [2.24, 2.45) is 0 Å². The Labute approximate surface area is 164 Å². The van der Waals surface area contributed by atoms with Gasteiger partial charge >= 0.3 is 11.9 Å². The van der Waals surface area contributed by atoms with Crippen LogP contribution in [0.1, 0.15) is 28.9 Å². The lowest BCUT2D eigenvalue weighted by Gasteiger charge is -2.01. The predicted octanol–water partition coefficient (Wildman–Crippen LogP) is 3.90. The number of carbonyl (C=O) groups excluding carboxylic acids is 1. The van der Waals surface area contributed by atoms with Gasteiger partial charge in [-0.1, -0.05) is 19.1 Å². The molecular formula is C19H16N2O6S. The molecule has 28 heavy (non-hydrogen) atoms. The summed E-state index contributed by atoms with van der Waals surface area (Å²) in [6.07, 6.45) is 1.95. The van der Waals surface area contributed by atoms with Gasteiger partial charge in [0.1, 0.15) is 16.4 Å². The second kappa shape index (κ2) is 8.57. The predicted molar refractivity (Wildman–Crippen MR) is 101 cm³/mol. The Hall–Kier alpha value is -3.33. The van der Waals surface area contributed by atoms with Crippen molar-refractivity contribution in [1.82, 2.24) is 10.2 Å². The van der Waals surface area contributed by atoms with E-state index in [9.17, 15) is 14.7 Å². The third-order valence-electron chi connectivity index (χ3n) is 3.65. The van der Waals surface area contributed by atoms with E-state index in [1.54, 1.807) is 36.4 Å². The maximum atomic E-state index is 11.5. The minimum atomic E-state index is -1.14. The van der Waals surface area contributed by atoms with E-state index in [1.165, 1.54) is 13.2 Å². The molecule has 3 aromatic rings. The standard InChI is InChI=1S/C19H16N2O6S/c1-3-16-20-21-19(27-16)28-15(17(22)23)10-13-8-9-14(26-13)11-4-6-12(7-5-11)18(24)25-2/h4-10H,3H2,1-2H3,(H,22,23)/b15-10-. The van der Waals surface area contributed by atoms with Gasteiger partial charge in [0.2, 0.25) is 5.89 Å². The summed E-state index contributed by atoms with van der Waals surface area (Å²) >= 11 is 0.850. The molecule has 1 aromatic carbocycles. The highest BCUT2D eigenvalue weighted by Gasteiger charge is 2.16. The van der Waals surface area contributed by atoms with Crippen LogP contribution in [0.5, 0.6) is 0 Å². The number of nitrogens with zero attached hydrogens (tertiary/aromatic N) is 2. The van der Waals surface area contributed by atoms with Gasteiger partial charge in [0.25, 0.3) is 5.22 Å². The van der Waals surface area contributed by atoms with E-state index in [0.29, 0.717) is 29.4 Å². The minimum Gasteiger partial charge on any atom is -0.477 e. The van der Waals surface area contributed by atoms with E-state index in [0.717, 1.165) is 17.3 Å². The third-order valence-corrected chi connectivity index (χ3v) is 4.50. The first kappa shape index (κ1) is 19.4. The molecule has 8 nitrogen and oxygen atoms in total. The van der Waals surface area contributed by atoms with Crippen LogP contribution < -0.4 is 0 Å². The molecule has 0 atom stereocenters. The summed E-state index contributed by atoms with van der Waals surface area (Å²) in [6, 6.07) is 10.0. The first-order valence-corrected chi connectivity index (χ1v) is 9.05. The molecule has 3 rings (SSSR count). The Morgan fingerprint density at radius 1 is 1.14 bits per heavy atom. The van der Waals surface area contributed by atoms with Crippen molar-refractivity contribution in [3.05, 3.63) is 58.5 Å². The summed E-state index contributed by atoms with van der Waals surface area (Å²) in [5.41, 5.74) is 1.16. The Morgan fingerprint density at radius 2 is 1.89 bits per heavy atom. The van der Waals surface area contributed by atoms with Gasteiger partial charge in [-0.25, -0.2) is 9.59 Å². The number of hydrogen-bond acceptors (Lipinski definition) is 8. The maximum Gasteiger partial charge on any atom is 0.342 e. The molecule has 0 saturated heterocycles. The fourth-order valence-corrected chi connectivity index (χ4v) is 2.92. The van der Waals surface area contributed by atoms with Crippen LogP contribution in [-0.2, 0) is 16.0 Å². The molecular weight excluding hydrogens is 384 g/mol. The highest BCUT2D eigenvalue weighted by atomic mass is 32.2. The second-order valence-corrected chi connectivity index (χ2v) is 6.50. The molecule has 0 unspecified atom stereocenters. The zero-order valence-electron chi connectivity index (χ0n) is 15.0. The molecule has 9 heteroatoms. The lowest BCUT2D eigenvalue weighted by Crippen LogP contribution is -2.00. The summed E-state index contributed by atoms with van der Waals surface area (Å²) in [6.45, 7) is 1.86. The number of methoxy groups -OCH3 is 1. The van der Waals surface area contributed by atoms with E-state index in [1.807, 2.05) is 6.92 Å². The lowest BCUT2D eigenvalue weighted by molar-refractivity contribution is -0.131. The molecule has 0 amide bonds. The first-order chi connectivity index (χ1) is 13.5. The number of furan rings is 1. The second-order valence-electron chi connectivity index (χ2n) is 5.50. The number of thioether (sulfide) groups is 1. The van der Waals surface area contributed by atoms with Crippen LogP contribution in [0.3, 0.4) is 0 Å². The van der Waals surface area contributed by atoms with Crippen molar-refractivity contribution in [1.29, 1.82) is 0 Å². The van der Waals surface area contributed by atoms with Gasteiger partial charge in [0.05, 0.1) is 12.7 Å². The number of carboxylic acid groups (broad SMARTS) is 1. The SMILES string of the molecule is CCc1nnc(S/C(=C\c2ccc(-c3ccc(C(=O)OC)cc3)o2)C(=O)O)o1. The molecule has 2 heterocycles. The van der Waals surface area contributed by atoms with Gasteiger partial charge in [-0.15, -0.1) is 10.2 Å². The maximum absolute atomic E-state index is 11.5. The van der Waals surface area contributed by atoms with Crippen molar-refractivity contribution in [2.45, 2.75) is 18.6 Å². The monoisotopic (exact) mass is 400 g/mol. The molecule has 0 fully saturated rings. The summed E-state index contributed by atoms with van der Waals surface area (Å²) < 4.78 is 15.7. The van der Waals surface area contributed by atoms with Crippen LogP contribution in [0.2, 0.25) is 0 Å². The van der Waals surface area contributed by atoms with Gasteiger partial charge in [0.15, 0.2) is 0 Å². The number of aromatic nitrogens is 2. The summed E-state index contributed by atoms with van der Waals surface area (Å²) in [5.74, 6) is -0.245. The van der Waals surface area contributed by atoms with E-state index in [-0.39, 0.29) is 10.1 Å². The summed E-state index contributed by atoms with van der Waals surface area (Å²) in [4.78, 5) is 23.0. The van der Waals surface area contributed by atoms with Crippen molar-refractivity contribution >= 4 is 29.8 Å². The van der Waals surface area contributed by atoms with E-state index in [4.69, 9.17) is 8.83 Å². The quantitative estimate of drug-likeness (QED) is 0.358. The Morgan fingerprint density at radius 3 is 2.50 bits per heavy atom. The fraction of sp³-hybridized carbons (Fsp3) is 0.158. The van der Waals surface area contributed by atoms with Gasteiger partial charge < -0.3 is 18.7 Å². The van der Waals surface area contributed by atoms with Gasteiger partial charge in [0, 0.05) is 18.1 Å². The molecule has 0 bridgehead atoms.